The Bertz CT molecular complexity index is 519. The Kier molecular flexibility index (Phi) is 4.03. The van der Waals surface area contributed by atoms with Crippen molar-refractivity contribution >= 4 is 34.8 Å². The summed E-state index contributed by atoms with van der Waals surface area (Å²) in [6.07, 6.45) is 0.852. The number of benzene rings is 1. The summed E-state index contributed by atoms with van der Waals surface area (Å²) < 4.78 is 5.61. The van der Waals surface area contributed by atoms with E-state index in [1.54, 1.807) is 12.1 Å². The molecule has 0 aliphatic rings. The van der Waals surface area contributed by atoms with Gasteiger partial charge < -0.3 is 4.42 Å². The molecule has 0 N–H and O–H groups in total. The van der Waals surface area contributed by atoms with Gasteiger partial charge >= 0.3 is 0 Å². The smallest absolute Gasteiger partial charge is 0.126 e. The normalized spacial score (nSPS) is 12.7. The largest absolute Gasteiger partial charge is 0.464 e. The molecule has 0 aliphatic heterocycles. The molecule has 0 spiro atoms. The van der Waals surface area contributed by atoms with E-state index in [0.717, 1.165) is 23.5 Å². The fourth-order valence-corrected chi connectivity index (χ4v) is 2.11. The second-order valence-electron chi connectivity index (χ2n) is 3.69. The number of furan rings is 1. The van der Waals surface area contributed by atoms with Crippen LogP contribution in [0.3, 0.4) is 0 Å². The number of halogens is 3. The third-order valence-corrected chi connectivity index (χ3v) is 3.72. The minimum Gasteiger partial charge on any atom is -0.464 e. The molecular formula is C13H11Cl3O. The molecule has 1 heterocycles. The Morgan fingerprint density at radius 2 is 1.88 bits per heavy atom. The van der Waals surface area contributed by atoms with E-state index < -0.39 is 0 Å². The highest BCUT2D eigenvalue weighted by Gasteiger charge is 2.15. The van der Waals surface area contributed by atoms with Gasteiger partial charge in [0.15, 0.2) is 0 Å². The van der Waals surface area contributed by atoms with E-state index in [1.165, 1.54) is 0 Å². The number of aryl methyl sites for hydroxylation is 1. The highest BCUT2D eigenvalue weighted by atomic mass is 35.5. The first-order valence-electron chi connectivity index (χ1n) is 5.29. The van der Waals surface area contributed by atoms with Gasteiger partial charge in [0.1, 0.15) is 16.9 Å². The van der Waals surface area contributed by atoms with Crippen LogP contribution in [0.15, 0.2) is 34.7 Å². The molecule has 90 valence electrons. The van der Waals surface area contributed by atoms with Crippen molar-refractivity contribution in [2.24, 2.45) is 0 Å². The van der Waals surface area contributed by atoms with Gasteiger partial charge in [-0.3, -0.25) is 0 Å². The van der Waals surface area contributed by atoms with Gasteiger partial charge in [-0.05, 0) is 29.8 Å². The van der Waals surface area contributed by atoms with Crippen molar-refractivity contribution in [2.45, 2.75) is 18.7 Å². The fourth-order valence-electron chi connectivity index (χ4n) is 1.56. The molecule has 0 saturated heterocycles. The standard InChI is InChI=1S/C13H11Cl3O/c1-2-9-4-6-12(17-9)13(16)8-3-5-10(14)11(15)7-8/h3-7,13H,2H2,1H3. The summed E-state index contributed by atoms with van der Waals surface area (Å²) in [5.41, 5.74) is 0.873. The summed E-state index contributed by atoms with van der Waals surface area (Å²) in [4.78, 5) is 0. The summed E-state index contributed by atoms with van der Waals surface area (Å²) in [5.74, 6) is 1.65. The van der Waals surface area contributed by atoms with E-state index in [-0.39, 0.29) is 5.38 Å². The molecule has 4 heteroatoms. The zero-order valence-electron chi connectivity index (χ0n) is 9.21. The van der Waals surface area contributed by atoms with Crippen molar-refractivity contribution in [1.82, 2.24) is 0 Å². The summed E-state index contributed by atoms with van der Waals surface area (Å²) >= 11 is 18.1. The van der Waals surface area contributed by atoms with E-state index in [0.29, 0.717) is 10.0 Å². The molecule has 0 radical (unpaired) electrons. The molecule has 1 aromatic carbocycles. The molecule has 1 aromatic heterocycles. The van der Waals surface area contributed by atoms with Crippen LogP contribution in [0, 0.1) is 0 Å². The van der Waals surface area contributed by atoms with E-state index >= 15 is 0 Å². The molecule has 2 rings (SSSR count). The third kappa shape index (κ3) is 2.79. The van der Waals surface area contributed by atoms with Crippen molar-refractivity contribution in [2.75, 3.05) is 0 Å². The van der Waals surface area contributed by atoms with E-state index in [9.17, 15) is 0 Å². The number of rotatable bonds is 3. The van der Waals surface area contributed by atoms with Crippen LogP contribution in [0.4, 0.5) is 0 Å². The maximum Gasteiger partial charge on any atom is 0.126 e. The molecule has 0 aliphatic carbocycles. The summed E-state index contributed by atoms with van der Waals surface area (Å²) in [7, 11) is 0. The first-order valence-corrected chi connectivity index (χ1v) is 6.48. The van der Waals surface area contributed by atoms with Crippen LogP contribution in [0.2, 0.25) is 10.0 Å². The monoisotopic (exact) mass is 288 g/mol. The Balaban J connectivity index is 2.29. The minimum atomic E-state index is -0.343. The minimum absolute atomic E-state index is 0.343. The maximum absolute atomic E-state index is 6.33. The first kappa shape index (κ1) is 12.8. The Hall–Kier alpha value is -0.630. The molecular weight excluding hydrogens is 279 g/mol. The van der Waals surface area contributed by atoms with Crippen LogP contribution in [0.5, 0.6) is 0 Å². The molecule has 0 amide bonds. The maximum atomic E-state index is 6.33. The van der Waals surface area contributed by atoms with Crippen molar-refractivity contribution < 1.29 is 4.42 Å². The van der Waals surface area contributed by atoms with Gasteiger partial charge in [-0.2, -0.15) is 0 Å². The third-order valence-electron chi connectivity index (χ3n) is 2.52. The first-order chi connectivity index (χ1) is 8.11. The highest BCUT2D eigenvalue weighted by molar-refractivity contribution is 6.42. The highest BCUT2D eigenvalue weighted by Crippen LogP contribution is 2.33. The van der Waals surface area contributed by atoms with E-state index in [2.05, 4.69) is 0 Å². The van der Waals surface area contributed by atoms with Crippen molar-refractivity contribution in [1.29, 1.82) is 0 Å². The second-order valence-corrected chi connectivity index (χ2v) is 4.94. The zero-order valence-corrected chi connectivity index (χ0v) is 11.5. The Morgan fingerprint density at radius 3 is 2.47 bits per heavy atom. The van der Waals surface area contributed by atoms with Gasteiger partial charge in [-0.15, -0.1) is 11.6 Å². The average molecular weight is 290 g/mol. The fraction of sp³-hybridized carbons (Fsp3) is 0.231. The SMILES string of the molecule is CCc1ccc(C(Cl)c2ccc(Cl)c(Cl)c2)o1. The van der Waals surface area contributed by atoms with Crippen LogP contribution in [0.25, 0.3) is 0 Å². The second kappa shape index (κ2) is 5.34. The topological polar surface area (TPSA) is 13.1 Å². The molecule has 1 nitrogen and oxygen atoms in total. The van der Waals surface area contributed by atoms with Gasteiger partial charge in [0.05, 0.1) is 10.0 Å². The lowest BCUT2D eigenvalue weighted by molar-refractivity contribution is 0.474. The lowest BCUT2D eigenvalue weighted by Gasteiger charge is -2.08. The van der Waals surface area contributed by atoms with Gasteiger partial charge in [0.25, 0.3) is 0 Å². The van der Waals surface area contributed by atoms with E-state index in [1.807, 2.05) is 25.1 Å². The molecule has 17 heavy (non-hydrogen) atoms. The Morgan fingerprint density at radius 1 is 1.12 bits per heavy atom. The number of hydrogen-bond acceptors (Lipinski definition) is 1. The van der Waals surface area contributed by atoms with Crippen LogP contribution in [-0.4, -0.2) is 0 Å². The number of hydrogen-bond donors (Lipinski definition) is 0. The molecule has 0 bridgehead atoms. The molecule has 0 fully saturated rings. The summed E-state index contributed by atoms with van der Waals surface area (Å²) in [6.45, 7) is 2.03. The van der Waals surface area contributed by atoms with Crippen LogP contribution in [0.1, 0.15) is 29.4 Å². The average Bonchev–Trinajstić information content (AvgIpc) is 2.80. The molecule has 1 atom stereocenters. The van der Waals surface area contributed by atoms with Crippen molar-refractivity contribution in [3.63, 3.8) is 0 Å². The van der Waals surface area contributed by atoms with Crippen molar-refractivity contribution in [3.05, 3.63) is 57.5 Å². The van der Waals surface area contributed by atoms with Gasteiger partial charge in [-0.25, -0.2) is 0 Å². The quantitative estimate of drug-likeness (QED) is 0.682. The molecule has 2 aromatic rings. The number of alkyl halides is 1. The predicted molar refractivity (Wildman–Crippen MR) is 72.2 cm³/mol. The zero-order chi connectivity index (χ0) is 12.4. The summed E-state index contributed by atoms with van der Waals surface area (Å²) in [5, 5.41) is 0.676. The van der Waals surface area contributed by atoms with Crippen LogP contribution >= 0.6 is 34.8 Å². The van der Waals surface area contributed by atoms with E-state index in [4.69, 9.17) is 39.2 Å². The molecule has 1 unspecified atom stereocenters. The van der Waals surface area contributed by atoms with Crippen LogP contribution in [-0.2, 0) is 6.42 Å². The van der Waals surface area contributed by atoms with Crippen LogP contribution < -0.4 is 0 Å². The lowest BCUT2D eigenvalue weighted by atomic mass is 10.1. The molecule has 0 saturated carbocycles. The lowest BCUT2D eigenvalue weighted by Crippen LogP contribution is -1.91. The van der Waals surface area contributed by atoms with Gasteiger partial charge in [0.2, 0.25) is 0 Å². The predicted octanol–water partition coefficient (Wildman–Crippen LogP) is 5.48. The summed E-state index contributed by atoms with van der Waals surface area (Å²) in [6, 6.07) is 9.16. The van der Waals surface area contributed by atoms with Crippen molar-refractivity contribution in [3.8, 4) is 0 Å². The van der Waals surface area contributed by atoms with Gasteiger partial charge in [0, 0.05) is 6.42 Å². The Labute approximate surface area is 115 Å². The van der Waals surface area contributed by atoms with Gasteiger partial charge in [-0.1, -0.05) is 36.2 Å².